The zero-order valence-electron chi connectivity index (χ0n) is 8.56. The molecular formula is C8H19NO4P+. The van der Waals surface area contributed by atoms with E-state index in [1.807, 2.05) is 11.8 Å². The number of hydrogen-bond donors (Lipinski definition) is 2. The van der Waals surface area contributed by atoms with Crippen molar-refractivity contribution in [3.05, 3.63) is 0 Å². The van der Waals surface area contributed by atoms with E-state index in [9.17, 15) is 4.89 Å². The van der Waals surface area contributed by atoms with Gasteiger partial charge < -0.3 is 5.11 Å². The van der Waals surface area contributed by atoms with Gasteiger partial charge >= 0.3 is 7.94 Å². The molecule has 84 valence electrons. The molecule has 0 aromatic heterocycles. The molecule has 0 amide bonds. The van der Waals surface area contributed by atoms with Crippen LogP contribution in [0.1, 0.15) is 13.3 Å². The van der Waals surface area contributed by atoms with Crippen molar-refractivity contribution >= 4 is 7.94 Å². The van der Waals surface area contributed by atoms with Crippen molar-refractivity contribution in [2.45, 2.75) is 13.3 Å². The second-order valence-electron chi connectivity index (χ2n) is 3.23. The van der Waals surface area contributed by atoms with Gasteiger partial charge in [-0.2, -0.15) is 13.9 Å². The Kier molecular flexibility index (Phi) is 5.23. The van der Waals surface area contributed by atoms with E-state index in [0.717, 1.165) is 13.0 Å². The average molecular weight is 224 g/mol. The van der Waals surface area contributed by atoms with Crippen molar-refractivity contribution in [3.63, 3.8) is 0 Å². The predicted molar refractivity (Wildman–Crippen MR) is 54.9 cm³/mol. The van der Waals surface area contributed by atoms with Crippen LogP contribution in [0.5, 0.6) is 0 Å². The highest BCUT2D eigenvalue weighted by molar-refractivity contribution is 7.60. The standard InChI is InChI=1S/C8H19NO4P/c1-2-12-14(11)8-9(5-6-10)4-3-7-13-14/h10-11H,2-8H2,1H3/q+1. The lowest BCUT2D eigenvalue weighted by molar-refractivity contribution is 0.179. The molecule has 0 radical (unpaired) electrons. The van der Waals surface area contributed by atoms with E-state index < -0.39 is 7.94 Å². The first-order valence-electron chi connectivity index (χ1n) is 4.93. The van der Waals surface area contributed by atoms with E-state index in [1.165, 1.54) is 0 Å². The molecule has 0 aromatic carbocycles. The smallest absolute Gasteiger partial charge is 0.395 e. The van der Waals surface area contributed by atoms with E-state index in [2.05, 4.69) is 0 Å². The van der Waals surface area contributed by atoms with Crippen LogP contribution in [0.2, 0.25) is 0 Å². The van der Waals surface area contributed by atoms with Gasteiger partial charge in [0.2, 0.25) is 0 Å². The highest BCUT2D eigenvalue weighted by atomic mass is 31.2. The second kappa shape index (κ2) is 5.95. The summed E-state index contributed by atoms with van der Waals surface area (Å²) in [5.74, 6) is 0. The normalized spacial score (nSPS) is 30.2. The lowest BCUT2D eigenvalue weighted by Gasteiger charge is -2.20. The van der Waals surface area contributed by atoms with Gasteiger partial charge in [0, 0.05) is 13.1 Å². The van der Waals surface area contributed by atoms with E-state index in [4.69, 9.17) is 14.2 Å². The highest BCUT2D eigenvalue weighted by Crippen LogP contribution is 2.58. The number of aliphatic hydroxyl groups excluding tert-OH is 1. The number of β-amino-alcohol motifs (C(OH)–C–C–N with tert-alkyl or cyclic N) is 1. The Labute approximate surface area is 85.2 Å². The molecule has 5 nitrogen and oxygen atoms in total. The van der Waals surface area contributed by atoms with Gasteiger partial charge in [-0.25, -0.2) is 0 Å². The van der Waals surface area contributed by atoms with Crippen LogP contribution >= 0.6 is 7.94 Å². The molecule has 0 bridgehead atoms. The Morgan fingerprint density at radius 1 is 1.57 bits per heavy atom. The quantitative estimate of drug-likeness (QED) is 0.679. The van der Waals surface area contributed by atoms with Crippen LogP contribution < -0.4 is 0 Å². The Balaban J connectivity index is 2.49. The summed E-state index contributed by atoms with van der Waals surface area (Å²) >= 11 is 0. The molecule has 1 aliphatic heterocycles. The van der Waals surface area contributed by atoms with E-state index in [-0.39, 0.29) is 6.61 Å². The summed E-state index contributed by atoms with van der Waals surface area (Å²) in [4.78, 5) is 12.0. The molecule has 0 aliphatic carbocycles. The van der Waals surface area contributed by atoms with Gasteiger partial charge in [0.1, 0.15) is 0 Å². The Morgan fingerprint density at radius 3 is 3.00 bits per heavy atom. The largest absolute Gasteiger partial charge is 0.424 e. The molecule has 1 aliphatic rings. The fraction of sp³-hybridized carbons (Fsp3) is 1.00. The molecule has 14 heavy (non-hydrogen) atoms. The maximum Gasteiger partial charge on any atom is 0.424 e. The van der Waals surface area contributed by atoms with Crippen molar-refractivity contribution < 1.29 is 19.0 Å². The summed E-state index contributed by atoms with van der Waals surface area (Å²) in [5.41, 5.74) is 0. The van der Waals surface area contributed by atoms with Gasteiger partial charge in [-0.15, -0.1) is 0 Å². The first kappa shape index (κ1) is 12.3. The lowest BCUT2D eigenvalue weighted by atomic mass is 10.4. The Hall–Kier alpha value is 0.230. The van der Waals surface area contributed by atoms with Crippen LogP contribution in [0.4, 0.5) is 0 Å². The van der Waals surface area contributed by atoms with Gasteiger partial charge in [0.05, 0.1) is 19.8 Å². The van der Waals surface area contributed by atoms with E-state index >= 15 is 0 Å². The molecule has 0 aromatic rings. The third-order valence-corrected chi connectivity index (χ3v) is 4.04. The number of nitrogens with zero attached hydrogens (tertiary/aromatic N) is 1. The SMILES string of the molecule is CCO[P+]1(O)CN(CCO)CCCO1. The maximum absolute atomic E-state index is 9.99. The lowest BCUT2D eigenvalue weighted by Crippen LogP contribution is -2.29. The molecule has 6 heteroatoms. The van der Waals surface area contributed by atoms with Gasteiger partial charge in [-0.05, 0) is 13.3 Å². The minimum atomic E-state index is -2.68. The minimum absolute atomic E-state index is 0.103. The Morgan fingerprint density at radius 2 is 2.36 bits per heavy atom. The second-order valence-corrected chi connectivity index (χ2v) is 5.30. The number of hydrogen-bond acceptors (Lipinski definition) is 5. The molecule has 1 atom stereocenters. The van der Waals surface area contributed by atoms with Crippen LogP contribution in [-0.2, 0) is 9.05 Å². The summed E-state index contributed by atoms with van der Waals surface area (Å²) in [6, 6.07) is 0. The van der Waals surface area contributed by atoms with Gasteiger partial charge in [-0.1, -0.05) is 0 Å². The molecule has 1 unspecified atom stereocenters. The predicted octanol–water partition coefficient (Wildman–Crippen LogP) is 0.450. The summed E-state index contributed by atoms with van der Waals surface area (Å²) in [6.07, 6.45) is 1.27. The van der Waals surface area contributed by atoms with Crippen LogP contribution in [0.15, 0.2) is 0 Å². The van der Waals surface area contributed by atoms with E-state index in [1.54, 1.807) is 0 Å². The van der Waals surface area contributed by atoms with Crippen LogP contribution in [-0.4, -0.2) is 54.1 Å². The fourth-order valence-corrected chi connectivity index (χ4v) is 3.31. The molecular weight excluding hydrogens is 205 g/mol. The summed E-state index contributed by atoms with van der Waals surface area (Å²) < 4.78 is 10.6. The number of rotatable bonds is 4. The van der Waals surface area contributed by atoms with Gasteiger partial charge in [-0.3, -0.25) is 4.90 Å². The molecule has 0 spiro atoms. The molecule has 1 saturated heterocycles. The maximum atomic E-state index is 9.99. The Bertz CT molecular complexity index is 171. The van der Waals surface area contributed by atoms with Gasteiger partial charge in [0.15, 0.2) is 6.29 Å². The third kappa shape index (κ3) is 3.77. The first-order valence-corrected chi connectivity index (χ1v) is 6.69. The van der Waals surface area contributed by atoms with Crippen LogP contribution in [0.3, 0.4) is 0 Å². The van der Waals surface area contributed by atoms with Crippen molar-refractivity contribution in [1.82, 2.24) is 4.90 Å². The molecule has 2 N–H and O–H groups in total. The molecule has 1 rings (SSSR count). The zero-order valence-corrected chi connectivity index (χ0v) is 9.45. The van der Waals surface area contributed by atoms with Crippen molar-refractivity contribution in [1.29, 1.82) is 0 Å². The molecule has 0 saturated carbocycles. The molecule has 1 fully saturated rings. The topological polar surface area (TPSA) is 62.2 Å². The minimum Gasteiger partial charge on any atom is -0.395 e. The monoisotopic (exact) mass is 224 g/mol. The molecule has 1 heterocycles. The summed E-state index contributed by atoms with van der Waals surface area (Å²) in [5, 5.41) is 8.82. The average Bonchev–Trinajstić information content (AvgIpc) is 2.29. The van der Waals surface area contributed by atoms with Crippen molar-refractivity contribution in [3.8, 4) is 0 Å². The highest BCUT2D eigenvalue weighted by Gasteiger charge is 2.43. The fourth-order valence-electron chi connectivity index (χ4n) is 1.46. The summed E-state index contributed by atoms with van der Waals surface area (Å²) in [7, 11) is -2.68. The van der Waals surface area contributed by atoms with Crippen LogP contribution in [0, 0.1) is 0 Å². The van der Waals surface area contributed by atoms with Crippen molar-refractivity contribution in [2.75, 3.05) is 39.2 Å². The zero-order chi connectivity index (χ0) is 10.4. The van der Waals surface area contributed by atoms with Crippen molar-refractivity contribution in [2.24, 2.45) is 0 Å². The van der Waals surface area contributed by atoms with Gasteiger partial charge in [0.25, 0.3) is 0 Å². The van der Waals surface area contributed by atoms with E-state index in [0.29, 0.717) is 26.0 Å². The first-order chi connectivity index (χ1) is 6.70. The summed E-state index contributed by atoms with van der Waals surface area (Å²) in [6.45, 7) is 4.34. The third-order valence-electron chi connectivity index (χ3n) is 2.04. The number of aliphatic hydroxyl groups is 1. The van der Waals surface area contributed by atoms with Crippen LogP contribution in [0.25, 0.3) is 0 Å².